The van der Waals surface area contributed by atoms with Gasteiger partial charge in [-0.1, -0.05) is 54.1 Å². The topological polar surface area (TPSA) is 37.8 Å². The summed E-state index contributed by atoms with van der Waals surface area (Å²) in [4.78, 5) is 8.79. The molecule has 3 aromatic carbocycles. The van der Waals surface area contributed by atoms with Crippen LogP contribution in [0, 0.1) is 0 Å². The van der Waals surface area contributed by atoms with Crippen molar-refractivity contribution in [2.75, 3.05) is 5.32 Å². The molecule has 0 bridgehead atoms. The van der Waals surface area contributed by atoms with Crippen LogP contribution in [0.4, 0.5) is 11.5 Å². The van der Waals surface area contributed by atoms with Crippen molar-refractivity contribution in [3.63, 3.8) is 0 Å². The predicted molar refractivity (Wildman–Crippen MR) is 105 cm³/mol. The van der Waals surface area contributed by atoms with Crippen LogP contribution in [0.2, 0.25) is 10.3 Å². The second kappa shape index (κ2) is 6.71. The van der Waals surface area contributed by atoms with Gasteiger partial charge in [-0.05, 0) is 53.1 Å². The van der Waals surface area contributed by atoms with Crippen molar-refractivity contribution in [1.82, 2.24) is 9.97 Å². The minimum absolute atomic E-state index is 0.203. The summed E-state index contributed by atoms with van der Waals surface area (Å²) < 4.78 is 0. The zero-order chi connectivity index (χ0) is 17.2. The van der Waals surface area contributed by atoms with Gasteiger partial charge in [-0.25, -0.2) is 4.98 Å². The van der Waals surface area contributed by atoms with Crippen molar-refractivity contribution < 1.29 is 0 Å². The molecule has 1 aromatic heterocycles. The SMILES string of the molecule is Clc1ccc(Nc2nc(Cl)nc3cccc(-c4ccccc4)c23)cc1. The lowest BCUT2D eigenvalue weighted by molar-refractivity contribution is 1.22. The standard InChI is InChI=1S/C20H13Cl2N3/c21-14-9-11-15(12-10-14)23-19-18-16(13-5-2-1-3-6-13)7-4-8-17(18)24-20(22)25-19/h1-12H,(H,23,24,25). The summed E-state index contributed by atoms with van der Waals surface area (Å²) >= 11 is 12.1. The van der Waals surface area contributed by atoms with Crippen LogP contribution in [0.3, 0.4) is 0 Å². The van der Waals surface area contributed by atoms with Crippen LogP contribution >= 0.6 is 23.2 Å². The van der Waals surface area contributed by atoms with Gasteiger partial charge in [0, 0.05) is 10.7 Å². The fraction of sp³-hybridized carbons (Fsp3) is 0. The molecule has 1 heterocycles. The van der Waals surface area contributed by atoms with Crippen molar-refractivity contribution in [2.24, 2.45) is 0 Å². The number of nitrogens with zero attached hydrogens (tertiary/aromatic N) is 2. The Labute approximate surface area is 155 Å². The summed E-state index contributed by atoms with van der Waals surface area (Å²) in [5.74, 6) is 0.664. The van der Waals surface area contributed by atoms with Crippen LogP contribution in [0.15, 0.2) is 72.8 Å². The Morgan fingerprint density at radius 1 is 0.720 bits per heavy atom. The zero-order valence-electron chi connectivity index (χ0n) is 13.1. The largest absolute Gasteiger partial charge is 0.340 e. The normalized spacial score (nSPS) is 10.8. The van der Waals surface area contributed by atoms with Crippen molar-refractivity contribution >= 4 is 45.6 Å². The van der Waals surface area contributed by atoms with Gasteiger partial charge in [0.2, 0.25) is 5.28 Å². The van der Waals surface area contributed by atoms with Crippen LogP contribution < -0.4 is 5.32 Å². The Morgan fingerprint density at radius 3 is 2.24 bits per heavy atom. The maximum atomic E-state index is 6.13. The van der Waals surface area contributed by atoms with E-state index in [1.807, 2.05) is 54.6 Å². The first-order valence-corrected chi connectivity index (χ1v) is 8.50. The van der Waals surface area contributed by atoms with Gasteiger partial charge >= 0.3 is 0 Å². The molecule has 0 saturated carbocycles. The van der Waals surface area contributed by atoms with Crippen molar-refractivity contribution in [3.8, 4) is 11.1 Å². The Bertz CT molecular complexity index is 1030. The lowest BCUT2D eigenvalue weighted by Crippen LogP contribution is -1.98. The smallest absolute Gasteiger partial charge is 0.224 e. The van der Waals surface area contributed by atoms with Gasteiger partial charge in [-0.2, -0.15) is 4.98 Å². The summed E-state index contributed by atoms with van der Waals surface area (Å²) in [7, 11) is 0. The van der Waals surface area contributed by atoms with Gasteiger partial charge in [0.1, 0.15) is 5.82 Å². The highest BCUT2D eigenvalue weighted by Crippen LogP contribution is 2.34. The molecule has 0 spiro atoms. The van der Waals surface area contributed by atoms with E-state index < -0.39 is 0 Å². The number of benzene rings is 3. The average molecular weight is 366 g/mol. The number of anilines is 2. The molecular formula is C20H13Cl2N3. The van der Waals surface area contributed by atoms with E-state index >= 15 is 0 Å². The van der Waals surface area contributed by atoms with Crippen LogP contribution in [-0.4, -0.2) is 9.97 Å². The summed E-state index contributed by atoms with van der Waals surface area (Å²) in [5, 5.41) is 5.14. The predicted octanol–water partition coefficient (Wildman–Crippen LogP) is 6.35. The van der Waals surface area contributed by atoms with Crippen LogP contribution in [0.5, 0.6) is 0 Å². The van der Waals surface area contributed by atoms with Crippen LogP contribution in [-0.2, 0) is 0 Å². The average Bonchev–Trinajstić information content (AvgIpc) is 2.63. The summed E-state index contributed by atoms with van der Waals surface area (Å²) in [6.07, 6.45) is 0. The highest BCUT2D eigenvalue weighted by Gasteiger charge is 2.12. The number of halogens is 2. The molecule has 0 aliphatic rings. The number of rotatable bonds is 3. The highest BCUT2D eigenvalue weighted by atomic mass is 35.5. The Kier molecular flexibility index (Phi) is 4.26. The van der Waals surface area contributed by atoms with E-state index in [4.69, 9.17) is 23.2 Å². The minimum atomic E-state index is 0.203. The molecule has 0 saturated heterocycles. The number of hydrogen-bond donors (Lipinski definition) is 1. The van der Waals surface area contributed by atoms with E-state index in [1.165, 1.54) is 0 Å². The third kappa shape index (κ3) is 3.29. The number of fused-ring (bicyclic) bond motifs is 1. The van der Waals surface area contributed by atoms with Gasteiger partial charge in [0.25, 0.3) is 0 Å². The molecule has 4 rings (SSSR count). The molecule has 0 aliphatic heterocycles. The van der Waals surface area contributed by atoms with Gasteiger partial charge < -0.3 is 5.32 Å². The Balaban J connectivity index is 1.92. The molecule has 122 valence electrons. The van der Waals surface area contributed by atoms with Gasteiger partial charge in [-0.15, -0.1) is 0 Å². The van der Waals surface area contributed by atoms with Crippen molar-refractivity contribution in [1.29, 1.82) is 0 Å². The minimum Gasteiger partial charge on any atom is -0.340 e. The lowest BCUT2D eigenvalue weighted by atomic mass is 10.0. The first kappa shape index (κ1) is 15.9. The van der Waals surface area contributed by atoms with Gasteiger partial charge in [0.05, 0.1) is 10.9 Å². The summed E-state index contributed by atoms with van der Waals surface area (Å²) in [6, 6.07) is 23.6. The van der Waals surface area contributed by atoms with E-state index in [0.29, 0.717) is 10.8 Å². The maximum absolute atomic E-state index is 6.13. The molecule has 0 atom stereocenters. The molecular weight excluding hydrogens is 353 g/mol. The fourth-order valence-electron chi connectivity index (χ4n) is 2.77. The molecule has 0 radical (unpaired) electrons. The molecule has 0 unspecified atom stereocenters. The number of nitrogens with one attached hydrogen (secondary N) is 1. The lowest BCUT2D eigenvalue weighted by Gasteiger charge is -2.13. The summed E-state index contributed by atoms with van der Waals surface area (Å²) in [5.41, 5.74) is 3.81. The molecule has 0 fully saturated rings. The second-order valence-electron chi connectivity index (χ2n) is 5.54. The molecule has 0 aliphatic carbocycles. The molecule has 25 heavy (non-hydrogen) atoms. The maximum Gasteiger partial charge on any atom is 0.224 e. The first-order chi connectivity index (χ1) is 12.2. The number of hydrogen-bond acceptors (Lipinski definition) is 3. The summed E-state index contributed by atoms with van der Waals surface area (Å²) in [6.45, 7) is 0. The van der Waals surface area contributed by atoms with E-state index in [9.17, 15) is 0 Å². The van der Waals surface area contributed by atoms with E-state index in [-0.39, 0.29) is 5.28 Å². The van der Waals surface area contributed by atoms with Crippen molar-refractivity contribution in [3.05, 3.63) is 83.1 Å². The monoisotopic (exact) mass is 365 g/mol. The first-order valence-electron chi connectivity index (χ1n) is 7.75. The van der Waals surface area contributed by atoms with Gasteiger partial charge in [-0.3, -0.25) is 0 Å². The molecule has 5 heteroatoms. The van der Waals surface area contributed by atoms with E-state index in [2.05, 4.69) is 33.5 Å². The highest BCUT2D eigenvalue weighted by molar-refractivity contribution is 6.30. The van der Waals surface area contributed by atoms with Crippen LogP contribution in [0.1, 0.15) is 0 Å². The number of aromatic nitrogens is 2. The second-order valence-corrected chi connectivity index (χ2v) is 6.31. The van der Waals surface area contributed by atoms with Gasteiger partial charge in [0.15, 0.2) is 0 Å². The molecule has 3 nitrogen and oxygen atoms in total. The van der Waals surface area contributed by atoms with E-state index in [1.54, 1.807) is 0 Å². The third-order valence-electron chi connectivity index (χ3n) is 3.89. The van der Waals surface area contributed by atoms with Crippen molar-refractivity contribution in [2.45, 2.75) is 0 Å². The van der Waals surface area contributed by atoms with E-state index in [0.717, 1.165) is 27.7 Å². The Hall–Kier alpha value is -2.62. The molecule has 4 aromatic rings. The zero-order valence-corrected chi connectivity index (χ0v) is 14.6. The fourth-order valence-corrected chi connectivity index (χ4v) is 3.07. The van der Waals surface area contributed by atoms with Crippen LogP contribution in [0.25, 0.3) is 22.0 Å². The molecule has 1 N–H and O–H groups in total. The third-order valence-corrected chi connectivity index (χ3v) is 4.31. The quantitative estimate of drug-likeness (QED) is 0.430. The Morgan fingerprint density at radius 2 is 1.48 bits per heavy atom. The molecule has 0 amide bonds.